The van der Waals surface area contributed by atoms with E-state index in [0.29, 0.717) is 24.7 Å². The SMILES string of the molecule is COCCOCCN1CC(C(C)(C)C)NCC1C1CC1. The van der Waals surface area contributed by atoms with Gasteiger partial charge in [0.1, 0.15) is 0 Å². The second-order valence-electron chi connectivity index (χ2n) is 7.33. The third-order valence-corrected chi connectivity index (χ3v) is 4.63. The number of piperazine rings is 1. The van der Waals surface area contributed by atoms with Crippen molar-refractivity contribution in [1.82, 2.24) is 10.2 Å². The Labute approximate surface area is 124 Å². The van der Waals surface area contributed by atoms with Gasteiger partial charge in [-0.15, -0.1) is 0 Å². The van der Waals surface area contributed by atoms with E-state index in [2.05, 4.69) is 31.0 Å². The first-order chi connectivity index (χ1) is 9.52. The fourth-order valence-electron chi connectivity index (χ4n) is 3.04. The molecular weight excluding hydrogens is 252 g/mol. The van der Waals surface area contributed by atoms with Gasteiger partial charge >= 0.3 is 0 Å². The molecule has 1 saturated heterocycles. The van der Waals surface area contributed by atoms with E-state index in [1.807, 2.05) is 0 Å². The lowest BCUT2D eigenvalue weighted by Crippen LogP contribution is -2.61. The highest BCUT2D eigenvalue weighted by Crippen LogP contribution is 2.37. The van der Waals surface area contributed by atoms with E-state index in [0.717, 1.165) is 38.2 Å². The molecule has 2 aliphatic rings. The Kier molecular flexibility index (Phi) is 5.84. The number of hydrogen-bond donors (Lipinski definition) is 1. The highest BCUT2D eigenvalue weighted by molar-refractivity contribution is 4.97. The summed E-state index contributed by atoms with van der Waals surface area (Å²) in [6.07, 6.45) is 2.82. The predicted octanol–water partition coefficient (Wildman–Crippen LogP) is 1.75. The molecule has 2 unspecified atom stereocenters. The van der Waals surface area contributed by atoms with E-state index in [-0.39, 0.29) is 0 Å². The smallest absolute Gasteiger partial charge is 0.0700 e. The largest absolute Gasteiger partial charge is 0.382 e. The van der Waals surface area contributed by atoms with Crippen LogP contribution in [0.3, 0.4) is 0 Å². The molecule has 1 saturated carbocycles. The summed E-state index contributed by atoms with van der Waals surface area (Å²) in [6.45, 7) is 12.6. The number of nitrogens with zero attached hydrogens (tertiary/aromatic N) is 1. The van der Waals surface area contributed by atoms with Crippen molar-refractivity contribution in [2.75, 3.05) is 46.6 Å². The third-order valence-electron chi connectivity index (χ3n) is 4.63. The number of nitrogens with one attached hydrogen (secondary N) is 1. The highest BCUT2D eigenvalue weighted by Gasteiger charge is 2.40. The fourth-order valence-corrected chi connectivity index (χ4v) is 3.04. The molecule has 1 aliphatic carbocycles. The standard InChI is InChI=1S/C16H32N2O2/c1-16(2,3)15-12-18(7-8-20-10-9-19-4)14(11-17-15)13-5-6-13/h13-15,17H,5-12H2,1-4H3. The number of hydrogen-bond acceptors (Lipinski definition) is 4. The average Bonchev–Trinajstić information content (AvgIpc) is 3.21. The molecule has 2 atom stereocenters. The van der Waals surface area contributed by atoms with Gasteiger partial charge in [0.2, 0.25) is 0 Å². The van der Waals surface area contributed by atoms with Crippen LogP contribution in [0.15, 0.2) is 0 Å². The van der Waals surface area contributed by atoms with Crippen LogP contribution < -0.4 is 5.32 Å². The van der Waals surface area contributed by atoms with Crippen LogP contribution in [-0.2, 0) is 9.47 Å². The Bertz CT molecular complexity index is 287. The molecule has 2 rings (SSSR count). The van der Waals surface area contributed by atoms with Crippen LogP contribution >= 0.6 is 0 Å². The first kappa shape index (κ1) is 16.2. The number of methoxy groups -OCH3 is 1. The lowest BCUT2D eigenvalue weighted by atomic mass is 9.84. The molecule has 118 valence electrons. The third kappa shape index (κ3) is 4.69. The van der Waals surface area contributed by atoms with E-state index in [4.69, 9.17) is 9.47 Å². The van der Waals surface area contributed by atoms with Crippen LogP contribution in [0.25, 0.3) is 0 Å². The molecule has 1 N–H and O–H groups in total. The summed E-state index contributed by atoms with van der Waals surface area (Å²) in [5, 5.41) is 3.77. The Morgan fingerprint density at radius 1 is 1.15 bits per heavy atom. The Hall–Kier alpha value is -0.160. The van der Waals surface area contributed by atoms with Crippen molar-refractivity contribution in [1.29, 1.82) is 0 Å². The van der Waals surface area contributed by atoms with Gasteiger partial charge in [0.15, 0.2) is 0 Å². The van der Waals surface area contributed by atoms with Gasteiger partial charge < -0.3 is 14.8 Å². The van der Waals surface area contributed by atoms with Crippen molar-refractivity contribution in [3.8, 4) is 0 Å². The van der Waals surface area contributed by atoms with Gasteiger partial charge in [-0.05, 0) is 24.2 Å². The normalized spacial score (nSPS) is 28.8. The minimum absolute atomic E-state index is 0.323. The molecule has 4 heteroatoms. The lowest BCUT2D eigenvalue weighted by molar-refractivity contribution is 0.0244. The Morgan fingerprint density at radius 2 is 1.90 bits per heavy atom. The van der Waals surface area contributed by atoms with Gasteiger partial charge in [-0.1, -0.05) is 20.8 Å². The zero-order chi connectivity index (χ0) is 14.6. The molecular formula is C16H32N2O2. The van der Waals surface area contributed by atoms with Crippen molar-refractivity contribution in [2.45, 2.75) is 45.7 Å². The minimum atomic E-state index is 0.323. The molecule has 0 amide bonds. The Morgan fingerprint density at radius 3 is 2.50 bits per heavy atom. The molecule has 20 heavy (non-hydrogen) atoms. The number of ether oxygens (including phenoxy) is 2. The van der Waals surface area contributed by atoms with Crippen molar-refractivity contribution in [3.05, 3.63) is 0 Å². The maximum absolute atomic E-state index is 5.66. The van der Waals surface area contributed by atoms with Crippen LogP contribution in [-0.4, -0.2) is 63.5 Å². The summed E-state index contributed by atoms with van der Waals surface area (Å²) < 4.78 is 10.7. The van der Waals surface area contributed by atoms with Gasteiger partial charge in [-0.2, -0.15) is 0 Å². The van der Waals surface area contributed by atoms with Crippen LogP contribution in [0.2, 0.25) is 0 Å². The molecule has 0 aromatic rings. The zero-order valence-electron chi connectivity index (χ0n) is 13.7. The van der Waals surface area contributed by atoms with Crippen molar-refractivity contribution >= 4 is 0 Å². The maximum Gasteiger partial charge on any atom is 0.0700 e. The molecule has 0 aromatic carbocycles. The van der Waals surface area contributed by atoms with E-state index < -0.39 is 0 Å². The second-order valence-corrected chi connectivity index (χ2v) is 7.33. The molecule has 0 aromatic heterocycles. The van der Waals surface area contributed by atoms with E-state index in [1.54, 1.807) is 7.11 Å². The van der Waals surface area contributed by atoms with Gasteiger partial charge in [-0.3, -0.25) is 4.90 Å². The number of rotatable bonds is 7. The van der Waals surface area contributed by atoms with Crippen molar-refractivity contribution in [2.24, 2.45) is 11.3 Å². The van der Waals surface area contributed by atoms with Gasteiger partial charge in [0.05, 0.1) is 19.8 Å². The van der Waals surface area contributed by atoms with Crippen LogP contribution in [0.1, 0.15) is 33.6 Å². The van der Waals surface area contributed by atoms with E-state index >= 15 is 0 Å². The second kappa shape index (κ2) is 7.21. The quantitative estimate of drug-likeness (QED) is 0.722. The van der Waals surface area contributed by atoms with Crippen molar-refractivity contribution < 1.29 is 9.47 Å². The fraction of sp³-hybridized carbons (Fsp3) is 1.00. The molecule has 0 spiro atoms. The van der Waals surface area contributed by atoms with Crippen molar-refractivity contribution in [3.63, 3.8) is 0 Å². The lowest BCUT2D eigenvalue weighted by Gasteiger charge is -2.45. The molecule has 0 radical (unpaired) electrons. The minimum Gasteiger partial charge on any atom is -0.382 e. The van der Waals surface area contributed by atoms with Gasteiger partial charge in [0, 0.05) is 38.8 Å². The summed E-state index contributed by atoms with van der Waals surface area (Å²) in [4.78, 5) is 2.66. The van der Waals surface area contributed by atoms with Gasteiger partial charge in [0.25, 0.3) is 0 Å². The van der Waals surface area contributed by atoms with Crippen LogP contribution in [0.5, 0.6) is 0 Å². The van der Waals surface area contributed by atoms with E-state index in [9.17, 15) is 0 Å². The van der Waals surface area contributed by atoms with Gasteiger partial charge in [-0.25, -0.2) is 0 Å². The zero-order valence-corrected chi connectivity index (χ0v) is 13.7. The molecule has 2 fully saturated rings. The molecule has 1 heterocycles. The summed E-state index contributed by atoms with van der Waals surface area (Å²) in [5.74, 6) is 0.919. The van der Waals surface area contributed by atoms with Crippen LogP contribution in [0.4, 0.5) is 0 Å². The Balaban J connectivity index is 1.80. The summed E-state index contributed by atoms with van der Waals surface area (Å²) in [5.41, 5.74) is 0.323. The highest BCUT2D eigenvalue weighted by atomic mass is 16.5. The molecule has 1 aliphatic heterocycles. The predicted molar refractivity (Wildman–Crippen MR) is 82.0 cm³/mol. The summed E-state index contributed by atoms with van der Waals surface area (Å²) >= 11 is 0. The monoisotopic (exact) mass is 284 g/mol. The summed E-state index contributed by atoms with van der Waals surface area (Å²) in [6, 6.07) is 1.30. The van der Waals surface area contributed by atoms with Crippen LogP contribution in [0, 0.1) is 11.3 Å². The molecule has 4 nitrogen and oxygen atoms in total. The average molecular weight is 284 g/mol. The first-order valence-electron chi connectivity index (χ1n) is 8.06. The first-order valence-corrected chi connectivity index (χ1v) is 8.06. The summed E-state index contributed by atoms with van der Waals surface area (Å²) in [7, 11) is 1.72. The maximum atomic E-state index is 5.66. The topological polar surface area (TPSA) is 33.7 Å². The van der Waals surface area contributed by atoms with E-state index in [1.165, 1.54) is 12.8 Å². The molecule has 0 bridgehead atoms.